The van der Waals surface area contributed by atoms with Crippen LogP contribution in [0.15, 0.2) is 57.8 Å². The molecule has 0 unspecified atom stereocenters. The van der Waals surface area contributed by atoms with Gasteiger partial charge in [0, 0.05) is 15.6 Å². The van der Waals surface area contributed by atoms with Gasteiger partial charge in [-0.1, -0.05) is 52.3 Å². The van der Waals surface area contributed by atoms with Crippen molar-refractivity contribution < 1.29 is 0 Å². The molecule has 4 heteroatoms. The fraction of sp³-hybridized carbons (Fsp3) is 0.100. The number of pyridine rings is 1. The van der Waals surface area contributed by atoms with E-state index >= 15 is 0 Å². The van der Waals surface area contributed by atoms with Gasteiger partial charge in [-0.25, -0.2) is 0 Å². The Morgan fingerprint density at radius 1 is 1.04 bits per heavy atom. The molecule has 0 spiro atoms. The molecule has 0 radical (unpaired) electrons. The fourth-order valence-electron chi connectivity index (χ4n) is 3.40. The number of fused-ring (bicyclic) bond motifs is 3. The van der Waals surface area contributed by atoms with E-state index in [-0.39, 0.29) is 11.1 Å². The van der Waals surface area contributed by atoms with Crippen LogP contribution in [0.3, 0.4) is 0 Å². The summed E-state index contributed by atoms with van der Waals surface area (Å²) < 4.78 is 0.966. The van der Waals surface area contributed by atoms with Crippen LogP contribution >= 0.6 is 15.9 Å². The second-order valence-electron chi connectivity index (χ2n) is 5.83. The van der Waals surface area contributed by atoms with E-state index in [1.54, 1.807) is 0 Å². The van der Waals surface area contributed by atoms with Crippen LogP contribution in [0.1, 0.15) is 16.7 Å². The van der Waals surface area contributed by atoms with Gasteiger partial charge in [-0.2, -0.15) is 5.26 Å². The highest BCUT2D eigenvalue weighted by atomic mass is 79.9. The smallest absolute Gasteiger partial charge is 0.266 e. The molecule has 1 aromatic heterocycles. The first-order valence-electron chi connectivity index (χ1n) is 7.72. The highest BCUT2D eigenvalue weighted by Gasteiger charge is 2.24. The van der Waals surface area contributed by atoms with Gasteiger partial charge in [-0.05, 0) is 41.7 Å². The predicted octanol–water partition coefficient (Wildman–Crippen LogP) is 4.44. The zero-order valence-electron chi connectivity index (χ0n) is 12.8. The van der Waals surface area contributed by atoms with Crippen LogP contribution in [0, 0.1) is 11.3 Å². The van der Waals surface area contributed by atoms with Gasteiger partial charge < -0.3 is 4.98 Å². The molecule has 3 nitrogen and oxygen atoms in total. The van der Waals surface area contributed by atoms with Crippen LogP contribution < -0.4 is 5.56 Å². The third kappa shape index (κ3) is 2.29. The van der Waals surface area contributed by atoms with Gasteiger partial charge in [-0.3, -0.25) is 4.79 Å². The molecule has 2 aromatic carbocycles. The summed E-state index contributed by atoms with van der Waals surface area (Å²) in [5, 5.41) is 9.53. The van der Waals surface area contributed by atoms with Crippen LogP contribution in [0.25, 0.3) is 22.4 Å². The highest BCUT2D eigenvalue weighted by molar-refractivity contribution is 9.10. The van der Waals surface area contributed by atoms with Gasteiger partial charge >= 0.3 is 0 Å². The van der Waals surface area contributed by atoms with Crippen molar-refractivity contribution in [1.29, 1.82) is 5.26 Å². The summed E-state index contributed by atoms with van der Waals surface area (Å²) in [4.78, 5) is 15.4. The second kappa shape index (κ2) is 5.77. The minimum Gasteiger partial charge on any atom is -0.320 e. The molecule has 0 amide bonds. The van der Waals surface area contributed by atoms with E-state index in [9.17, 15) is 10.1 Å². The number of H-pyrrole nitrogens is 1. The molecule has 0 aliphatic heterocycles. The molecule has 0 atom stereocenters. The van der Waals surface area contributed by atoms with E-state index < -0.39 is 0 Å². The van der Waals surface area contributed by atoms with Crippen LogP contribution in [0.4, 0.5) is 0 Å². The first-order chi connectivity index (χ1) is 11.7. The largest absolute Gasteiger partial charge is 0.320 e. The minimum absolute atomic E-state index is 0.190. The summed E-state index contributed by atoms with van der Waals surface area (Å²) in [5.41, 5.74) is 5.70. The Morgan fingerprint density at radius 2 is 1.79 bits per heavy atom. The van der Waals surface area contributed by atoms with Crippen LogP contribution in [-0.2, 0) is 12.8 Å². The summed E-state index contributed by atoms with van der Waals surface area (Å²) >= 11 is 3.43. The molecule has 1 N–H and O–H groups in total. The van der Waals surface area contributed by atoms with Crippen molar-refractivity contribution >= 4 is 15.9 Å². The number of rotatable bonds is 1. The maximum Gasteiger partial charge on any atom is 0.266 e. The number of nitrogens with one attached hydrogen (secondary N) is 1. The molecular weight excluding hydrogens is 364 g/mol. The second-order valence-corrected chi connectivity index (χ2v) is 6.75. The Kier molecular flexibility index (Phi) is 3.59. The average Bonchev–Trinajstić information content (AvgIpc) is 2.61. The summed E-state index contributed by atoms with van der Waals surface area (Å²) in [7, 11) is 0. The number of nitrogens with zero attached hydrogens (tertiary/aromatic N) is 1. The van der Waals surface area contributed by atoms with E-state index in [4.69, 9.17) is 0 Å². The van der Waals surface area contributed by atoms with Gasteiger partial charge in [0.15, 0.2) is 0 Å². The number of benzene rings is 2. The molecule has 1 heterocycles. The first kappa shape index (κ1) is 14.9. The third-order valence-corrected chi connectivity index (χ3v) is 5.02. The SMILES string of the molecule is N#Cc1c(-c2ccc(Br)cc2)c2c([nH]c1=O)-c1ccccc1CC2. The van der Waals surface area contributed by atoms with E-state index in [0.29, 0.717) is 0 Å². The van der Waals surface area contributed by atoms with Crippen LogP contribution in [0.5, 0.6) is 0 Å². The molecule has 0 bridgehead atoms. The van der Waals surface area contributed by atoms with Gasteiger partial charge in [-0.15, -0.1) is 0 Å². The molecule has 1 aliphatic carbocycles. The molecule has 0 saturated heterocycles. The van der Waals surface area contributed by atoms with Gasteiger partial charge in [0.25, 0.3) is 5.56 Å². The highest BCUT2D eigenvalue weighted by Crippen LogP contribution is 2.38. The zero-order chi connectivity index (χ0) is 16.7. The number of aromatic nitrogens is 1. The molecule has 4 rings (SSSR count). The van der Waals surface area contributed by atoms with Crippen molar-refractivity contribution in [3.63, 3.8) is 0 Å². The van der Waals surface area contributed by atoms with Crippen LogP contribution in [-0.4, -0.2) is 4.98 Å². The van der Waals surface area contributed by atoms with Crippen LogP contribution in [0.2, 0.25) is 0 Å². The number of nitriles is 1. The lowest BCUT2D eigenvalue weighted by atomic mass is 9.83. The molecule has 0 fully saturated rings. The Hall–Kier alpha value is -2.64. The number of aromatic amines is 1. The lowest BCUT2D eigenvalue weighted by Gasteiger charge is -2.23. The summed E-state index contributed by atoms with van der Waals surface area (Å²) in [5.74, 6) is 0. The number of hydrogen-bond donors (Lipinski definition) is 1. The fourth-order valence-corrected chi connectivity index (χ4v) is 3.67. The lowest BCUT2D eigenvalue weighted by molar-refractivity contribution is 0.923. The molecule has 116 valence electrons. The first-order valence-corrected chi connectivity index (χ1v) is 8.52. The van der Waals surface area contributed by atoms with Crippen molar-refractivity contribution in [2.75, 3.05) is 0 Å². The lowest BCUT2D eigenvalue weighted by Crippen LogP contribution is -2.19. The topological polar surface area (TPSA) is 56.6 Å². The molecule has 24 heavy (non-hydrogen) atoms. The van der Waals surface area contributed by atoms with Gasteiger partial charge in [0.05, 0.1) is 5.69 Å². The number of aryl methyl sites for hydroxylation is 1. The number of halogens is 1. The van der Waals surface area contributed by atoms with E-state index in [1.165, 1.54) is 5.56 Å². The van der Waals surface area contributed by atoms with Crippen molar-refractivity contribution in [2.45, 2.75) is 12.8 Å². The Morgan fingerprint density at radius 3 is 2.54 bits per heavy atom. The van der Waals surface area contributed by atoms with E-state index in [0.717, 1.165) is 45.3 Å². The van der Waals surface area contributed by atoms with Gasteiger partial charge in [0.2, 0.25) is 0 Å². The summed E-state index contributed by atoms with van der Waals surface area (Å²) in [6.07, 6.45) is 1.72. The van der Waals surface area contributed by atoms with Crippen molar-refractivity contribution in [1.82, 2.24) is 4.98 Å². The summed E-state index contributed by atoms with van der Waals surface area (Å²) in [6, 6.07) is 18.0. The number of hydrogen-bond acceptors (Lipinski definition) is 2. The monoisotopic (exact) mass is 376 g/mol. The van der Waals surface area contributed by atoms with Crippen molar-refractivity contribution in [3.8, 4) is 28.5 Å². The quantitative estimate of drug-likeness (QED) is 0.682. The normalized spacial score (nSPS) is 12.2. The Balaban J connectivity index is 2.08. The predicted molar refractivity (Wildman–Crippen MR) is 97.8 cm³/mol. The van der Waals surface area contributed by atoms with Gasteiger partial charge in [0.1, 0.15) is 11.6 Å². The van der Waals surface area contributed by atoms with E-state index in [2.05, 4.69) is 33.0 Å². The third-order valence-electron chi connectivity index (χ3n) is 4.49. The van der Waals surface area contributed by atoms with E-state index in [1.807, 2.05) is 42.5 Å². The Bertz CT molecular complexity index is 1040. The average molecular weight is 377 g/mol. The standard InChI is InChI=1S/C20H13BrN2O/c21-14-8-5-13(6-9-14)18-16-10-7-12-3-1-2-4-15(12)19(16)23-20(24)17(18)11-22/h1-6,8-9H,7,10H2,(H,23,24). The van der Waals surface area contributed by atoms with Crippen molar-refractivity contribution in [3.05, 3.63) is 80.0 Å². The maximum atomic E-state index is 12.5. The molecule has 0 saturated carbocycles. The summed E-state index contributed by atoms with van der Waals surface area (Å²) in [6.45, 7) is 0. The van der Waals surface area contributed by atoms with Crippen molar-refractivity contribution in [2.24, 2.45) is 0 Å². The Labute approximate surface area is 147 Å². The molecule has 3 aromatic rings. The molecule has 1 aliphatic rings. The maximum absolute atomic E-state index is 12.5. The molecular formula is C20H13BrN2O. The minimum atomic E-state index is -0.328. The zero-order valence-corrected chi connectivity index (χ0v) is 14.4.